The van der Waals surface area contributed by atoms with Crippen molar-refractivity contribution in [2.75, 3.05) is 39.6 Å². The first kappa shape index (κ1) is 21.6. The molecule has 0 atom stereocenters. The standard InChI is InChI=1S/C8H14O3.C7H12O3/c1-4-10-5-6-11-8(9)7(2)3;1-3-7(8)10-6-5-9-4-2/h2,4-6H2,1,3H3;3H,1,4-6H2,2H3. The Bertz CT molecular complexity index is 311. The van der Waals surface area contributed by atoms with Gasteiger partial charge in [0.05, 0.1) is 13.2 Å². The summed E-state index contributed by atoms with van der Waals surface area (Å²) in [5.41, 5.74) is 0.418. The van der Waals surface area contributed by atoms with Gasteiger partial charge in [0, 0.05) is 24.9 Å². The number of esters is 2. The summed E-state index contributed by atoms with van der Waals surface area (Å²) in [7, 11) is 0. The smallest absolute Gasteiger partial charge is 0.333 e. The average Bonchev–Trinajstić information content (AvgIpc) is 2.48. The van der Waals surface area contributed by atoms with Crippen molar-refractivity contribution in [3.8, 4) is 0 Å². The molecule has 0 rings (SSSR count). The van der Waals surface area contributed by atoms with Crippen molar-refractivity contribution in [1.82, 2.24) is 0 Å². The van der Waals surface area contributed by atoms with Crippen LogP contribution >= 0.6 is 0 Å². The van der Waals surface area contributed by atoms with E-state index in [0.29, 0.717) is 45.2 Å². The van der Waals surface area contributed by atoms with Crippen molar-refractivity contribution >= 4 is 11.9 Å². The zero-order chi connectivity index (χ0) is 16.5. The van der Waals surface area contributed by atoms with Crippen LogP contribution in [0.5, 0.6) is 0 Å². The molecule has 0 spiro atoms. The number of rotatable bonds is 10. The average molecular weight is 302 g/mol. The maximum atomic E-state index is 10.7. The molecule has 0 amide bonds. The Morgan fingerprint density at radius 3 is 1.81 bits per heavy atom. The van der Waals surface area contributed by atoms with Gasteiger partial charge in [-0.1, -0.05) is 13.2 Å². The highest BCUT2D eigenvalue weighted by atomic mass is 16.6. The fourth-order valence-corrected chi connectivity index (χ4v) is 0.865. The van der Waals surface area contributed by atoms with Crippen molar-refractivity contribution < 1.29 is 28.5 Å². The van der Waals surface area contributed by atoms with Crippen LogP contribution in [-0.2, 0) is 28.5 Å². The van der Waals surface area contributed by atoms with Crippen LogP contribution in [0.25, 0.3) is 0 Å². The highest BCUT2D eigenvalue weighted by Crippen LogP contribution is 1.91. The third-order valence-corrected chi connectivity index (χ3v) is 1.86. The molecule has 0 fully saturated rings. The number of hydrogen-bond donors (Lipinski definition) is 0. The molecule has 0 aromatic heterocycles. The minimum absolute atomic E-state index is 0.304. The predicted octanol–water partition coefficient (Wildman–Crippen LogP) is 1.89. The van der Waals surface area contributed by atoms with Gasteiger partial charge in [-0.2, -0.15) is 0 Å². The number of carbonyl (C=O) groups is 2. The number of hydrogen-bond acceptors (Lipinski definition) is 6. The zero-order valence-corrected chi connectivity index (χ0v) is 13.2. The van der Waals surface area contributed by atoms with Gasteiger partial charge in [-0.3, -0.25) is 0 Å². The number of carbonyl (C=O) groups excluding carboxylic acids is 2. The van der Waals surface area contributed by atoms with Crippen LogP contribution < -0.4 is 0 Å². The first-order chi connectivity index (χ1) is 9.99. The van der Waals surface area contributed by atoms with Crippen LogP contribution in [0.2, 0.25) is 0 Å². The van der Waals surface area contributed by atoms with Crippen molar-refractivity contribution in [1.29, 1.82) is 0 Å². The Morgan fingerprint density at radius 1 is 0.952 bits per heavy atom. The van der Waals surface area contributed by atoms with Crippen LogP contribution in [0, 0.1) is 0 Å². The van der Waals surface area contributed by atoms with Gasteiger partial charge in [-0.15, -0.1) is 0 Å². The quantitative estimate of drug-likeness (QED) is 0.349. The molecule has 0 heterocycles. The summed E-state index contributed by atoms with van der Waals surface area (Å²) < 4.78 is 19.2. The molecular formula is C15H26O6. The Balaban J connectivity index is 0. The van der Waals surface area contributed by atoms with E-state index < -0.39 is 5.97 Å². The first-order valence-electron chi connectivity index (χ1n) is 6.76. The van der Waals surface area contributed by atoms with Crippen LogP contribution in [0.1, 0.15) is 20.8 Å². The third-order valence-electron chi connectivity index (χ3n) is 1.86. The monoisotopic (exact) mass is 302 g/mol. The summed E-state index contributed by atoms with van der Waals surface area (Å²) in [6.07, 6.45) is 1.13. The molecule has 6 nitrogen and oxygen atoms in total. The lowest BCUT2D eigenvalue weighted by molar-refractivity contribution is -0.140. The van der Waals surface area contributed by atoms with Crippen molar-refractivity contribution in [3.05, 3.63) is 24.8 Å². The van der Waals surface area contributed by atoms with Crippen LogP contribution in [0.15, 0.2) is 24.8 Å². The summed E-state index contributed by atoms with van der Waals surface area (Å²) in [5, 5.41) is 0. The Kier molecular flexibility index (Phi) is 16.9. The van der Waals surface area contributed by atoms with E-state index in [2.05, 4.69) is 17.9 Å². The van der Waals surface area contributed by atoms with Gasteiger partial charge in [0.25, 0.3) is 0 Å². The lowest BCUT2D eigenvalue weighted by atomic mass is 10.4. The highest BCUT2D eigenvalue weighted by Gasteiger charge is 2.00. The maximum absolute atomic E-state index is 10.7. The molecule has 0 aromatic rings. The van der Waals surface area contributed by atoms with Crippen molar-refractivity contribution in [2.45, 2.75) is 20.8 Å². The van der Waals surface area contributed by atoms with Crippen molar-refractivity contribution in [2.24, 2.45) is 0 Å². The second-order valence-corrected chi connectivity index (χ2v) is 3.68. The topological polar surface area (TPSA) is 71.1 Å². The molecule has 0 aliphatic heterocycles. The molecule has 21 heavy (non-hydrogen) atoms. The number of ether oxygens (including phenoxy) is 4. The molecule has 6 heteroatoms. The molecule has 0 radical (unpaired) electrons. The van der Waals surface area contributed by atoms with Gasteiger partial charge in [0.2, 0.25) is 0 Å². The fourth-order valence-electron chi connectivity index (χ4n) is 0.865. The second kappa shape index (κ2) is 16.4. The van der Waals surface area contributed by atoms with E-state index in [4.69, 9.17) is 14.2 Å². The summed E-state index contributed by atoms with van der Waals surface area (Å²) in [6, 6.07) is 0. The molecule has 0 aromatic carbocycles. The molecule has 0 N–H and O–H groups in total. The lowest BCUT2D eigenvalue weighted by Gasteiger charge is -2.03. The highest BCUT2D eigenvalue weighted by molar-refractivity contribution is 5.86. The molecule has 0 aliphatic rings. The second-order valence-electron chi connectivity index (χ2n) is 3.68. The molecule has 0 saturated carbocycles. The molecular weight excluding hydrogens is 276 g/mol. The molecule has 0 bridgehead atoms. The van der Waals surface area contributed by atoms with E-state index in [9.17, 15) is 9.59 Å². The Labute approximate surface area is 126 Å². The maximum Gasteiger partial charge on any atom is 0.333 e. The van der Waals surface area contributed by atoms with Crippen molar-refractivity contribution in [3.63, 3.8) is 0 Å². The van der Waals surface area contributed by atoms with Crippen LogP contribution in [0.4, 0.5) is 0 Å². The summed E-state index contributed by atoms with van der Waals surface area (Å²) in [5.74, 6) is -0.760. The summed E-state index contributed by atoms with van der Waals surface area (Å²) >= 11 is 0. The zero-order valence-electron chi connectivity index (χ0n) is 13.2. The van der Waals surface area contributed by atoms with Gasteiger partial charge in [-0.05, 0) is 20.8 Å². The van der Waals surface area contributed by atoms with E-state index >= 15 is 0 Å². The fraction of sp³-hybridized carbons (Fsp3) is 0.600. The predicted molar refractivity (Wildman–Crippen MR) is 79.9 cm³/mol. The molecule has 0 saturated heterocycles. The van der Waals surface area contributed by atoms with Gasteiger partial charge < -0.3 is 18.9 Å². The normalized spacial score (nSPS) is 9.10. The minimum atomic E-state index is -0.403. The minimum Gasteiger partial charge on any atom is -0.460 e. The SMILES string of the molecule is C=C(C)C(=O)OCCOCC.C=CC(=O)OCCOCC. The Hall–Kier alpha value is -1.66. The largest absolute Gasteiger partial charge is 0.460 e. The molecule has 0 aliphatic carbocycles. The van der Waals surface area contributed by atoms with E-state index in [1.54, 1.807) is 6.92 Å². The van der Waals surface area contributed by atoms with Crippen LogP contribution in [-0.4, -0.2) is 51.6 Å². The van der Waals surface area contributed by atoms with Gasteiger partial charge in [0.1, 0.15) is 13.2 Å². The molecule has 0 unspecified atom stereocenters. The van der Waals surface area contributed by atoms with Crippen LogP contribution in [0.3, 0.4) is 0 Å². The summed E-state index contributed by atoms with van der Waals surface area (Å²) in [6.45, 7) is 14.9. The van der Waals surface area contributed by atoms with Gasteiger partial charge in [-0.25, -0.2) is 9.59 Å². The Morgan fingerprint density at radius 2 is 1.43 bits per heavy atom. The van der Waals surface area contributed by atoms with Gasteiger partial charge >= 0.3 is 11.9 Å². The van der Waals surface area contributed by atoms with E-state index in [1.165, 1.54) is 0 Å². The molecule has 122 valence electrons. The lowest BCUT2D eigenvalue weighted by Crippen LogP contribution is -2.10. The first-order valence-corrected chi connectivity index (χ1v) is 6.76. The van der Waals surface area contributed by atoms with E-state index in [1.807, 2.05) is 13.8 Å². The summed E-state index contributed by atoms with van der Waals surface area (Å²) in [4.78, 5) is 21.1. The van der Waals surface area contributed by atoms with Gasteiger partial charge in [0.15, 0.2) is 0 Å². The third kappa shape index (κ3) is 18.3. The van der Waals surface area contributed by atoms with E-state index in [0.717, 1.165) is 6.08 Å². The van der Waals surface area contributed by atoms with E-state index in [-0.39, 0.29) is 5.97 Å².